The largest absolute Gasteiger partial charge is 0.497 e. The molecule has 12 nitrogen and oxygen atoms in total. The summed E-state index contributed by atoms with van der Waals surface area (Å²) < 4.78 is 40.4. The quantitative estimate of drug-likeness (QED) is 0.216. The van der Waals surface area contributed by atoms with Crippen molar-refractivity contribution >= 4 is 50.0 Å². The second-order valence-electron chi connectivity index (χ2n) is 9.64. The van der Waals surface area contributed by atoms with Crippen LogP contribution in [0.2, 0.25) is 0 Å². The maximum atomic E-state index is 13.5. The average molecular weight is 593 g/mol. The van der Waals surface area contributed by atoms with Gasteiger partial charge in [0.2, 0.25) is 5.91 Å². The zero-order valence-corrected chi connectivity index (χ0v) is 24.3. The summed E-state index contributed by atoms with van der Waals surface area (Å²) in [4.78, 5) is 27.3. The lowest BCUT2D eigenvalue weighted by atomic mass is 10.0. The highest BCUT2D eigenvalue weighted by Gasteiger charge is 2.33. The van der Waals surface area contributed by atoms with Crippen LogP contribution < -0.4 is 24.8 Å². The van der Waals surface area contributed by atoms with Crippen molar-refractivity contribution in [3.63, 3.8) is 0 Å². The molecule has 0 atom stereocenters. The van der Waals surface area contributed by atoms with Crippen LogP contribution >= 0.6 is 0 Å². The molecule has 4 aromatic rings. The third kappa shape index (κ3) is 6.70. The van der Waals surface area contributed by atoms with E-state index in [9.17, 15) is 13.2 Å². The Morgan fingerprint density at radius 3 is 2.21 bits per heavy atom. The first-order chi connectivity index (χ1) is 20.3. The molecule has 220 valence electrons. The van der Waals surface area contributed by atoms with Gasteiger partial charge in [0.15, 0.2) is 11.6 Å². The van der Waals surface area contributed by atoms with Gasteiger partial charge in [-0.25, -0.2) is 18.4 Å². The first-order valence-electron chi connectivity index (χ1n) is 13.4. The lowest BCUT2D eigenvalue weighted by Gasteiger charge is -2.36. The van der Waals surface area contributed by atoms with Crippen molar-refractivity contribution in [1.29, 1.82) is 0 Å². The minimum atomic E-state index is -4.13. The predicted molar refractivity (Wildman–Crippen MR) is 160 cm³/mol. The van der Waals surface area contributed by atoms with Crippen molar-refractivity contribution in [3.05, 3.63) is 66.7 Å². The summed E-state index contributed by atoms with van der Waals surface area (Å²) in [6, 6.07) is 18.3. The monoisotopic (exact) mass is 592 g/mol. The molecule has 3 N–H and O–H groups in total. The molecule has 1 amide bonds. The van der Waals surface area contributed by atoms with Crippen LogP contribution in [0.25, 0.3) is 11.0 Å². The summed E-state index contributed by atoms with van der Waals surface area (Å²) in [6.07, 6.45) is 0.890. The molecule has 5 rings (SSSR count). The van der Waals surface area contributed by atoms with E-state index in [4.69, 9.17) is 14.3 Å². The van der Waals surface area contributed by atoms with Gasteiger partial charge in [0.25, 0.3) is 10.0 Å². The number of methoxy groups -OCH3 is 2. The number of nitrogens with zero attached hydrogens (tertiary/aromatic N) is 3. The van der Waals surface area contributed by atoms with E-state index in [0.717, 1.165) is 6.42 Å². The molecule has 1 saturated heterocycles. The summed E-state index contributed by atoms with van der Waals surface area (Å²) in [7, 11) is -1.06. The molecule has 13 heteroatoms. The van der Waals surface area contributed by atoms with Crippen molar-refractivity contribution in [1.82, 2.24) is 15.0 Å². The van der Waals surface area contributed by atoms with Crippen LogP contribution in [0, 0.1) is 5.92 Å². The Kier molecular flexibility index (Phi) is 8.71. The minimum Gasteiger partial charge on any atom is -0.497 e. The van der Waals surface area contributed by atoms with Crippen LogP contribution in [0.3, 0.4) is 0 Å². The number of anilines is 4. The summed E-state index contributed by atoms with van der Waals surface area (Å²) in [5.74, 6) is 0.805. The van der Waals surface area contributed by atoms with Crippen molar-refractivity contribution in [2.75, 3.05) is 49.3 Å². The Bertz CT molecular complexity index is 1670. The number of amides is 1. The van der Waals surface area contributed by atoms with Crippen molar-refractivity contribution in [2.24, 2.45) is 5.92 Å². The number of hydrogen-bond acceptors (Lipinski definition) is 10. The van der Waals surface area contributed by atoms with E-state index in [1.807, 2.05) is 13.0 Å². The van der Waals surface area contributed by atoms with E-state index in [1.165, 1.54) is 26.4 Å². The highest BCUT2D eigenvalue weighted by atomic mass is 32.2. The molecule has 0 aliphatic carbocycles. The van der Waals surface area contributed by atoms with Gasteiger partial charge in [-0.2, -0.15) is 5.06 Å². The minimum absolute atomic E-state index is 0.00781. The summed E-state index contributed by atoms with van der Waals surface area (Å²) >= 11 is 0. The normalized spacial score (nSPS) is 13.8. The zero-order valence-electron chi connectivity index (χ0n) is 23.5. The fraction of sp³-hybridized carbons (Fsp3) is 0.276. The Hall–Kier alpha value is -4.46. The van der Waals surface area contributed by atoms with Gasteiger partial charge in [0, 0.05) is 42.7 Å². The molecule has 0 bridgehead atoms. The highest BCUT2D eigenvalue weighted by Crippen LogP contribution is 2.32. The van der Waals surface area contributed by atoms with E-state index in [0.29, 0.717) is 53.6 Å². The number of carbonyl (C=O) groups is 1. The molecule has 0 spiro atoms. The third-order valence-electron chi connectivity index (χ3n) is 6.52. The van der Waals surface area contributed by atoms with E-state index in [-0.39, 0.29) is 28.4 Å². The lowest BCUT2D eigenvalue weighted by molar-refractivity contribution is -0.217. The number of rotatable bonds is 12. The topological polar surface area (TPSA) is 144 Å². The SMILES string of the molecule is CCCON1CC(C(=O)Nc2cccc(S(=O)(=O)Nc3nc4ccccc4nc3Nc3cc(OC)cc(OC)c3)c2)C1. The van der Waals surface area contributed by atoms with Crippen LogP contribution in [0.1, 0.15) is 13.3 Å². The fourth-order valence-electron chi connectivity index (χ4n) is 4.28. The average Bonchev–Trinajstić information content (AvgIpc) is 2.96. The molecule has 0 saturated carbocycles. The summed E-state index contributed by atoms with van der Waals surface area (Å²) in [5, 5.41) is 7.69. The second-order valence-corrected chi connectivity index (χ2v) is 11.3. The molecule has 1 aliphatic rings. The Balaban J connectivity index is 1.38. The van der Waals surface area contributed by atoms with Gasteiger partial charge >= 0.3 is 0 Å². The smallest absolute Gasteiger partial charge is 0.263 e. The van der Waals surface area contributed by atoms with E-state index < -0.39 is 10.0 Å². The van der Waals surface area contributed by atoms with Gasteiger partial charge < -0.3 is 20.1 Å². The van der Waals surface area contributed by atoms with Crippen LogP contribution in [0.4, 0.5) is 23.0 Å². The Labute approximate surface area is 244 Å². The standard InChI is InChI=1S/C29H32N6O6S/c1-4-12-41-35-17-19(18-35)29(36)31-20-8-7-9-24(15-20)42(37,38)34-28-27(32-25-10-5-6-11-26(25)33-28)30-21-13-22(39-2)16-23(14-21)40-3/h5-11,13-16,19H,4,12,17-18H2,1-3H3,(H,30,32)(H,31,36)(H,33,34). The van der Waals surface area contributed by atoms with Gasteiger partial charge in [-0.05, 0) is 36.8 Å². The summed E-state index contributed by atoms with van der Waals surface area (Å²) in [6.45, 7) is 3.59. The molecular formula is C29H32N6O6S. The highest BCUT2D eigenvalue weighted by molar-refractivity contribution is 7.92. The number of para-hydroxylation sites is 2. The Morgan fingerprint density at radius 2 is 1.57 bits per heavy atom. The van der Waals surface area contributed by atoms with Crippen LogP contribution in [0.5, 0.6) is 11.5 Å². The third-order valence-corrected chi connectivity index (χ3v) is 7.86. The van der Waals surface area contributed by atoms with Gasteiger partial charge in [0.1, 0.15) is 11.5 Å². The van der Waals surface area contributed by atoms with Gasteiger partial charge in [-0.3, -0.25) is 14.4 Å². The van der Waals surface area contributed by atoms with Gasteiger partial charge in [-0.15, -0.1) is 0 Å². The predicted octanol–water partition coefficient (Wildman–Crippen LogP) is 4.40. The summed E-state index contributed by atoms with van der Waals surface area (Å²) in [5.41, 5.74) is 1.98. The molecule has 1 aromatic heterocycles. The Morgan fingerprint density at radius 1 is 0.905 bits per heavy atom. The molecule has 0 unspecified atom stereocenters. The number of carbonyl (C=O) groups excluding carboxylic acids is 1. The van der Waals surface area contributed by atoms with Gasteiger partial charge in [-0.1, -0.05) is 25.1 Å². The van der Waals surface area contributed by atoms with Crippen LogP contribution in [-0.2, 0) is 19.7 Å². The number of sulfonamides is 1. The van der Waals surface area contributed by atoms with Crippen LogP contribution in [0.15, 0.2) is 71.6 Å². The molecule has 2 heterocycles. The maximum Gasteiger partial charge on any atom is 0.263 e. The number of benzene rings is 3. The molecule has 0 radical (unpaired) electrons. The second kappa shape index (κ2) is 12.6. The van der Waals surface area contributed by atoms with Crippen molar-refractivity contribution in [2.45, 2.75) is 18.2 Å². The first kappa shape index (κ1) is 29.0. The number of hydroxylamine groups is 2. The molecule has 1 fully saturated rings. The van der Waals surface area contributed by atoms with E-state index >= 15 is 0 Å². The maximum absolute atomic E-state index is 13.5. The van der Waals surface area contributed by atoms with E-state index in [1.54, 1.807) is 53.6 Å². The van der Waals surface area contributed by atoms with E-state index in [2.05, 4.69) is 25.3 Å². The number of ether oxygens (including phenoxy) is 2. The van der Waals surface area contributed by atoms with Crippen molar-refractivity contribution in [3.8, 4) is 11.5 Å². The molecule has 3 aromatic carbocycles. The molecular weight excluding hydrogens is 560 g/mol. The molecule has 1 aliphatic heterocycles. The number of nitrogens with one attached hydrogen (secondary N) is 3. The zero-order chi connectivity index (χ0) is 29.7. The van der Waals surface area contributed by atoms with Gasteiger partial charge in [0.05, 0.1) is 42.7 Å². The molecule has 42 heavy (non-hydrogen) atoms. The fourth-order valence-corrected chi connectivity index (χ4v) is 5.33. The number of fused-ring (bicyclic) bond motifs is 1. The van der Waals surface area contributed by atoms with Crippen molar-refractivity contribution < 1.29 is 27.5 Å². The number of aromatic nitrogens is 2. The van der Waals surface area contributed by atoms with Crippen LogP contribution in [-0.4, -0.2) is 63.3 Å². The first-order valence-corrected chi connectivity index (χ1v) is 14.8. The lowest BCUT2D eigenvalue weighted by Crippen LogP contribution is -2.51. The number of hydrogen-bond donors (Lipinski definition) is 3.